The van der Waals surface area contributed by atoms with Crippen LogP contribution in [0, 0.1) is 0 Å². The van der Waals surface area contributed by atoms with Crippen LogP contribution in [0.4, 0.5) is 5.00 Å². The predicted octanol–water partition coefficient (Wildman–Crippen LogP) is 3.48. The molecular weight excluding hydrogens is 336 g/mol. The Kier molecular flexibility index (Phi) is 5.08. The van der Waals surface area contributed by atoms with Crippen molar-refractivity contribution in [1.82, 2.24) is 0 Å². The third-order valence-electron chi connectivity index (χ3n) is 4.34. The fourth-order valence-electron chi connectivity index (χ4n) is 3.01. The Balaban J connectivity index is 1.62. The van der Waals surface area contributed by atoms with Gasteiger partial charge in [-0.2, -0.15) is 0 Å². The summed E-state index contributed by atoms with van der Waals surface area (Å²) >= 11 is 1.44. The van der Waals surface area contributed by atoms with E-state index in [0.717, 1.165) is 29.7 Å². The normalized spacial score (nSPS) is 12.9. The number of nitrogens with one attached hydrogen (secondary N) is 1. The summed E-state index contributed by atoms with van der Waals surface area (Å²) < 4.78 is 5.53. The maximum atomic E-state index is 12.2. The van der Waals surface area contributed by atoms with Crippen LogP contribution in [0.2, 0.25) is 0 Å². The molecule has 0 aliphatic heterocycles. The van der Waals surface area contributed by atoms with Crippen molar-refractivity contribution in [3.8, 4) is 5.75 Å². The Morgan fingerprint density at radius 2 is 1.96 bits per heavy atom. The third kappa shape index (κ3) is 3.85. The van der Waals surface area contributed by atoms with Gasteiger partial charge in [0.15, 0.2) is 6.61 Å². The second kappa shape index (κ2) is 7.27. The van der Waals surface area contributed by atoms with Gasteiger partial charge in [0, 0.05) is 4.88 Å². The Morgan fingerprint density at radius 1 is 1.24 bits per heavy atom. The van der Waals surface area contributed by atoms with Gasteiger partial charge in [0.1, 0.15) is 10.8 Å². The monoisotopic (exact) mass is 358 g/mol. The maximum Gasteiger partial charge on any atom is 0.262 e. The first-order valence-electron chi connectivity index (χ1n) is 8.42. The maximum absolute atomic E-state index is 12.2. The van der Waals surface area contributed by atoms with Gasteiger partial charge < -0.3 is 15.8 Å². The minimum absolute atomic E-state index is 0.109. The fraction of sp³-hybridized carbons (Fsp3) is 0.368. The molecule has 0 fully saturated rings. The van der Waals surface area contributed by atoms with E-state index in [4.69, 9.17) is 10.5 Å². The van der Waals surface area contributed by atoms with Crippen LogP contribution in [0.15, 0.2) is 24.3 Å². The van der Waals surface area contributed by atoms with E-state index in [0.29, 0.717) is 22.2 Å². The van der Waals surface area contributed by atoms with Gasteiger partial charge in [-0.15, -0.1) is 11.3 Å². The first-order chi connectivity index (χ1) is 12.0. The molecule has 2 amide bonds. The molecule has 0 saturated carbocycles. The lowest BCUT2D eigenvalue weighted by atomic mass is 10.0. The molecular formula is C19H22N2O3S. The lowest BCUT2D eigenvalue weighted by Gasteiger charge is -2.09. The Labute approximate surface area is 151 Å². The van der Waals surface area contributed by atoms with E-state index in [1.807, 2.05) is 24.3 Å². The second-order valence-corrected chi connectivity index (χ2v) is 7.59. The molecule has 0 atom stereocenters. The van der Waals surface area contributed by atoms with Gasteiger partial charge in [0.05, 0.1) is 5.56 Å². The van der Waals surface area contributed by atoms with E-state index in [1.165, 1.54) is 16.9 Å². The van der Waals surface area contributed by atoms with Crippen molar-refractivity contribution in [3.05, 3.63) is 45.8 Å². The number of thiophene rings is 1. The summed E-state index contributed by atoms with van der Waals surface area (Å²) in [6, 6.07) is 7.70. The molecule has 1 aliphatic carbocycles. The predicted molar refractivity (Wildman–Crippen MR) is 99.5 cm³/mol. The molecule has 3 N–H and O–H groups in total. The molecule has 0 saturated heterocycles. The van der Waals surface area contributed by atoms with Crippen molar-refractivity contribution in [2.75, 3.05) is 11.9 Å². The minimum atomic E-state index is -0.486. The first kappa shape index (κ1) is 17.5. The quantitative estimate of drug-likeness (QED) is 0.829. The Hall–Kier alpha value is -2.34. The van der Waals surface area contributed by atoms with Gasteiger partial charge in [-0.05, 0) is 48.4 Å². The highest BCUT2D eigenvalue weighted by Crippen LogP contribution is 2.38. The van der Waals surface area contributed by atoms with E-state index >= 15 is 0 Å². The van der Waals surface area contributed by atoms with Crippen molar-refractivity contribution >= 4 is 28.2 Å². The largest absolute Gasteiger partial charge is 0.484 e. The number of hydrogen-bond acceptors (Lipinski definition) is 4. The summed E-state index contributed by atoms with van der Waals surface area (Å²) in [4.78, 5) is 25.1. The van der Waals surface area contributed by atoms with Crippen molar-refractivity contribution in [2.45, 2.75) is 39.0 Å². The molecule has 0 bridgehead atoms. The van der Waals surface area contributed by atoms with E-state index in [9.17, 15) is 9.59 Å². The van der Waals surface area contributed by atoms with E-state index in [1.54, 1.807) is 0 Å². The number of nitrogens with two attached hydrogens (primary N) is 1. The van der Waals surface area contributed by atoms with Gasteiger partial charge in [-0.3, -0.25) is 9.59 Å². The summed E-state index contributed by atoms with van der Waals surface area (Å²) in [5.41, 5.74) is 8.18. The highest BCUT2D eigenvalue weighted by molar-refractivity contribution is 7.17. The number of ether oxygens (including phenoxy) is 1. The topological polar surface area (TPSA) is 81.4 Å². The van der Waals surface area contributed by atoms with Crippen LogP contribution in [0.5, 0.6) is 5.75 Å². The van der Waals surface area contributed by atoms with Crippen molar-refractivity contribution < 1.29 is 14.3 Å². The molecule has 25 heavy (non-hydrogen) atoms. The lowest BCUT2D eigenvalue weighted by molar-refractivity contribution is -0.118. The SMILES string of the molecule is CC(C)c1ccc(OCC(=O)Nc2sc3c(c2C(N)=O)CCC3)cc1. The van der Waals surface area contributed by atoms with Crippen LogP contribution in [-0.2, 0) is 17.6 Å². The molecule has 0 spiro atoms. The number of rotatable bonds is 6. The molecule has 1 aromatic carbocycles. The lowest BCUT2D eigenvalue weighted by Crippen LogP contribution is -2.22. The molecule has 1 heterocycles. The molecule has 2 aromatic rings. The van der Waals surface area contributed by atoms with Gasteiger partial charge in [0.2, 0.25) is 0 Å². The third-order valence-corrected chi connectivity index (χ3v) is 5.54. The minimum Gasteiger partial charge on any atom is -0.484 e. The average molecular weight is 358 g/mol. The van der Waals surface area contributed by atoms with Crippen LogP contribution in [0.3, 0.4) is 0 Å². The van der Waals surface area contributed by atoms with E-state index in [2.05, 4.69) is 19.2 Å². The Bertz CT molecular complexity index is 794. The average Bonchev–Trinajstić information content (AvgIpc) is 3.13. The van der Waals surface area contributed by atoms with Gasteiger partial charge in [0.25, 0.3) is 11.8 Å². The molecule has 1 aromatic heterocycles. The molecule has 5 nitrogen and oxygen atoms in total. The first-order valence-corrected chi connectivity index (χ1v) is 9.24. The summed E-state index contributed by atoms with van der Waals surface area (Å²) in [6.07, 6.45) is 2.82. The molecule has 6 heteroatoms. The van der Waals surface area contributed by atoms with Gasteiger partial charge in [-0.25, -0.2) is 0 Å². The molecule has 132 valence electrons. The number of hydrogen-bond donors (Lipinski definition) is 2. The zero-order valence-electron chi connectivity index (χ0n) is 14.4. The van der Waals surface area contributed by atoms with Crippen LogP contribution in [0.25, 0.3) is 0 Å². The van der Waals surface area contributed by atoms with Crippen molar-refractivity contribution in [1.29, 1.82) is 0 Å². The fourth-order valence-corrected chi connectivity index (χ4v) is 4.32. The van der Waals surface area contributed by atoms with Crippen LogP contribution < -0.4 is 15.8 Å². The number of amides is 2. The standard InChI is InChI=1S/C19H22N2O3S/c1-11(2)12-6-8-13(9-7-12)24-10-16(22)21-19-17(18(20)23)14-4-3-5-15(14)25-19/h6-9,11H,3-5,10H2,1-2H3,(H2,20,23)(H,21,22). The smallest absolute Gasteiger partial charge is 0.262 e. The molecule has 3 rings (SSSR count). The number of carbonyl (C=O) groups is 2. The number of fused-ring (bicyclic) bond motifs is 1. The number of carbonyl (C=O) groups excluding carboxylic acids is 2. The summed E-state index contributed by atoms with van der Waals surface area (Å²) in [5.74, 6) is 0.309. The van der Waals surface area contributed by atoms with Gasteiger partial charge in [-0.1, -0.05) is 26.0 Å². The number of benzene rings is 1. The molecule has 0 unspecified atom stereocenters. The molecule has 0 radical (unpaired) electrons. The van der Waals surface area contributed by atoms with E-state index in [-0.39, 0.29) is 12.5 Å². The second-order valence-electron chi connectivity index (χ2n) is 6.49. The Morgan fingerprint density at radius 3 is 2.60 bits per heavy atom. The summed E-state index contributed by atoms with van der Waals surface area (Å²) in [7, 11) is 0. The zero-order valence-corrected chi connectivity index (χ0v) is 15.2. The highest BCUT2D eigenvalue weighted by atomic mass is 32.1. The van der Waals surface area contributed by atoms with Crippen LogP contribution >= 0.6 is 11.3 Å². The summed E-state index contributed by atoms with van der Waals surface area (Å²) in [5, 5.41) is 3.32. The summed E-state index contributed by atoms with van der Waals surface area (Å²) in [6.45, 7) is 4.14. The van der Waals surface area contributed by atoms with Crippen molar-refractivity contribution in [3.63, 3.8) is 0 Å². The van der Waals surface area contributed by atoms with Gasteiger partial charge >= 0.3 is 0 Å². The van der Waals surface area contributed by atoms with Crippen molar-refractivity contribution in [2.24, 2.45) is 5.73 Å². The number of anilines is 1. The number of primary amides is 1. The number of aryl methyl sites for hydroxylation is 1. The molecule has 1 aliphatic rings. The van der Waals surface area contributed by atoms with Crippen LogP contribution in [0.1, 0.15) is 52.5 Å². The van der Waals surface area contributed by atoms with Crippen LogP contribution in [-0.4, -0.2) is 18.4 Å². The van der Waals surface area contributed by atoms with E-state index < -0.39 is 5.91 Å². The highest BCUT2D eigenvalue weighted by Gasteiger charge is 2.26. The zero-order chi connectivity index (χ0) is 18.0.